The lowest BCUT2D eigenvalue weighted by Gasteiger charge is -2.18. The number of esters is 1. The minimum absolute atomic E-state index is 0.292. The molecule has 0 radical (unpaired) electrons. The molecule has 4 heteroatoms. The lowest BCUT2D eigenvalue weighted by molar-refractivity contribution is 0.0601. The monoisotopic (exact) mass is 225 g/mol. The summed E-state index contributed by atoms with van der Waals surface area (Å²) in [5.41, 5.74) is 7.60. The van der Waals surface area contributed by atoms with E-state index in [-0.39, 0.29) is 5.97 Å². The fourth-order valence-corrected chi connectivity index (χ4v) is 3.37. The van der Waals surface area contributed by atoms with Crippen molar-refractivity contribution in [3.05, 3.63) is 16.0 Å². The number of thiophene rings is 1. The van der Waals surface area contributed by atoms with Crippen LogP contribution in [0.4, 0.5) is 5.00 Å². The van der Waals surface area contributed by atoms with Crippen molar-refractivity contribution in [1.29, 1.82) is 0 Å². The molecule has 1 aliphatic rings. The molecule has 2 N–H and O–H groups in total. The second-order valence-corrected chi connectivity index (χ2v) is 5.22. The normalized spacial score (nSPS) is 19.7. The van der Waals surface area contributed by atoms with Gasteiger partial charge >= 0.3 is 5.97 Å². The van der Waals surface area contributed by atoms with Gasteiger partial charge in [-0.15, -0.1) is 11.3 Å². The van der Waals surface area contributed by atoms with Gasteiger partial charge in [-0.2, -0.15) is 0 Å². The summed E-state index contributed by atoms with van der Waals surface area (Å²) >= 11 is 1.54. The van der Waals surface area contributed by atoms with Crippen LogP contribution in [0.2, 0.25) is 0 Å². The minimum Gasteiger partial charge on any atom is -0.465 e. The van der Waals surface area contributed by atoms with Crippen molar-refractivity contribution in [3.8, 4) is 0 Å². The average molecular weight is 225 g/mol. The Morgan fingerprint density at radius 2 is 2.33 bits per heavy atom. The van der Waals surface area contributed by atoms with Crippen molar-refractivity contribution in [2.24, 2.45) is 5.92 Å². The smallest absolute Gasteiger partial charge is 0.341 e. The van der Waals surface area contributed by atoms with Crippen LogP contribution in [-0.2, 0) is 17.6 Å². The molecule has 2 rings (SSSR count). The van der Waals surface area contributed by atoms with E-state index < -0.39 is 0 Å². The number of rotatable bonds is 1. The molecule has 1 aliphatic carbocycles. The molecular formula is C11H15NO2S. The van der Waals surface area contributed by atoms with E-state index in [0.717, 1.165) is 24.8 Å². The Morgan fingerprint density at radius 1 is 1.60 bits per heavy atom. The minimum atomic E-state index is -0.292. The van der Waals surface area contributed by atoms with Gasteiger partial charge in [0.05, 0.1) is 12.7 Å². The second kappa shape index (κ2) is 3.85. The van der Waals surface area contributed by atoms with Crippen LogP contribution < -0.4 is 5.73 Å². The molecule has 82 valence electrons. The molecule has 0 amide bonds. The lowest BCUT2D eigenvalue weighted by atomic mass is 9.88. The molecular weight excluding hydrogens is 210 g/mol. The highest BCUT2D eigenvalue weighted by Gasteiger charge is 2.26. The number of anilines is 1. The van der Waals surface area contributed by atoms with E-state index in [1.807, 2.05) is 0 Å². The zero-order valence-electron chi connectivity index (χ0n) is 9.00. The lowest BCUT2D eigenvalue weighted by Crippen LogP contribution is -2.13. The summed E-state index contributed by atoms with van der Waals surface area (Å²) in [6.07, 6.45) is 3.13. The molecule has 1 aromatic rings. The van der Waals surface area contributed by atoms with Crippen LogP contribution in [0.5, 0.6) is 0 Å². The molecule has 0 saturated carbocycles. The third-order valence-corrected chi connectivity index (χ3v) is 4.01. The van der Waals surface area contributed by atoms with E-state index in [9.17, 15) is 4.79 Å². The first kappa shape index (κ1) is 10.5. The zero-order chi connectivity index (χ0) is 11.0. The first-order valence-electron chi connectivity index (χ1n) is 5.11. The Labute approximate surface area is 93.2 Å². The topological polar surface area (TPSA) is 52.3 Å². The van der Waals surface area contributed by atoms with Crippen LogP contribution in [0.3, 0.4) is 0 Å². The Bertz CT molecular complexity index is 398. The molecule has 15 heavy (non-hydrogen) atoms. The zero-order valence-corrected chi connectivity index (χ0v) is 9.82. The average Bonchev–Trinajstić information content (AvgIpc) is 2.52. The molecule has 0 aliphatic heterocycles. The summed E-state index contributed by atoms with van der Waals surface area (Å²) in [5, 5.41) is 0.612. The number of methoxy groups -OCH3 is 1. The van der Waals surface area contributed by atoms with Crippen molar-refractivity contribution >= 4 is 22.3 Å². The SMILES string of the molecule is COC(=O)c1c(N)sc2c1CC[C@H](C)C2. The van der Waals surface area contributed by atoms with Crippen LogP contribution in [0.25, 0.3) is 0 Å². The maximum absolute atomic E-state index is 11.6. The second-order valence-electron chi connectivity index (χ2n) is 4.08. The highest BCUT2D eigenvalue weighted by Crippen LogP contribution is 2.38. The van der Waals surface area contributed by atoms with Gasteiger partial charge in [-0.1, -0.05) is 6.92 Å². The van der Waals surface area contributed by atoms with Crippen LogP contribution >= 0.6 is 11.3 Å². The number of hydrogen-bond acceptors (Lipinski definition) is 4. The molecule has 0 fully saturated rings. The third-order valence-electron chi connectivity index (χ3n) is 2.93. The number of nitrogen functional groups attached to an aromatic ring is 1. The van der Waals surface area contributed by atoms with Crippen molar-refractivity contribution in [2.45, 2.75) is 26.2 Å². The van der Waals surface area contributed by atoms with Gasteiger partial charge in [0.15, 0.2) is 0 Å². The van der Waals surface area contributed by atoms with Gasteiger partial charge in [0.1, 0.15) is 5.00 Å². The molecule has 3 nitrogen and oxygen atoms in total. The van der Waals surface area contributed by atoms with E-state index in [1.54, 1.807) is 11.3 Å². The van der Waals surface area contributed by atoms with E-state index in [2.05, 4.69) is 6.92 Å². The quantitative estimate of drug-likeness (QED) is 0.746. The molecule has 1 atom stereocenters. The number of hydrogen-bond donors (Lipinski definition) is 1. The summed E-state index contributed by atoms with van der Waals surface area (Å²) in [6.45, 7) is 2.23. The molecule has 0 bridgehead atoms. The van der Waals surface area contributed by atoms with Gasteiger partial charge in [0, 0.05) is 4.88 Å². The summed E-state index contributed by atoms with van der Waals surface area (Å²) in [5.74, 6) is 0.403. The van der Waals surface area contributed by atoms with Crippen LogP contribution in [-0.4, -0.2) is 13.1 Å². The Kier molecular flexibility index (Phi) is 2.69. The summed E-state index contributed by atoms with van der Waals surface area (Å²) in [6, 6.07) is 0. The van der Waals surface area contributed by atoms with Crippen LogP contribution in [0.15, 0.2) is 0 Å². The van der Waals surface area contributed by atoms with Gasteiger partial charge in [0.25, 0.3) is 0 Å². The van der Waals surface area contributed by atoms with Crippen molar-refractivity contribution in [2.75, 3.05) is 12.8 Å². The van der Waals surface area contributed by atoms with Gasteiger partial charge in [-0.05, 0) is 30.7 Å². The first-order chi connectivity index (χ1) is 7.13. The molecule has 0 spiro atoms. The van der Waals surface area contributed by atoms with Crippen molar-refractivity contribution in [1.82, 2.24) is 0 Å². The number of fused-ring (bicyclic) bond motifs is 1. The maximum atomic E-state index is 11.6. The third kappa shape index (κ3) is 1.74. The molecule has 0 unspecified atom stereocenters. The van der Waals surface area contributed by atoms with Gasteiger partial charge in [-0.3, -0.25) is 0 Å². The van der Waals surface area contributed by atoms with E-state index in [4.69, 9.17) is 10.5 Å². The standard InChI is InChI=1S/C11H15NO2S/c1-6-3-4-7-8(5-6)15-10(12)9(7)11(13)14-2/h6H,3-5,12H2,1-2H3/t6-/m0/s1. The number of nitrogens with two attached hydrogens (primary N) is 1. The molecule has 1 aromatic heterocycles. The summed E-state index contributed by atoms with van der Waals surface area (Å²) in [4.78, 5) is 12.8. The van der Waals surface area contributed by atoms with E-state index in [0.29, 0.717) is 16.5 Å². The molecule has 1 heterocycles. The number of carbonyl (C=O) groups is 1. The predicted molar refractivity (Wildman–Crippen MR) is 61.3 cm³/mol. The Balaban J connectivity index is 2.44. The van der Waals surface area contributed by atoms with Gasteiger partial charge in [0.2, 0.25) is 0 Å². The Hall–Kier alpha value is -1.03. The Morgan fingerprint density at radius 3 is 3.00 bits per heavy atom. The van der Waals surface area contributed by atoms with Crippen LogP contribution in [0, 0.1) is 5.92 Å². The molecule has 0 saturated heterocycles. The molecule has 0 aromatic carbocycles. The predicted octanol–water partition coefficient (Wildman–Crippen LogP) is 2.24. The van der Waals surface area contributed by atoms with Crippen molar-refractivity contribution in [3.63, 3.8) is 0 Å². The summed E-state index contributed by atoms with van der Waals surface area (Å²) in [7, 11) is 1.40. The van der Waals surface area contributed by atoms with E-state index >= 15 is 0 Å². The maximum Gasteiger partial charge on any atom is 0.341 e. The van der Waals surface area contributed by atoms with Gasteiger partial charge in [-0.25, -0.2) is 4.79 Å². The number of ether oxygens (including phenoxy) is 1. The van der Waals surface area contributed by atoms with Crippen molar-refractivity contribution < 1.29 is 9.53 Å². The van der Waals surface area contributed by atoms with Gasteiger partial charge < -0.3 is 10.5 Å². The number of carbonyl (C=O) groups excluding carboxylic acids is 1. The largest absolute Gasteiger partial charge is 0.465 e. The van der Waals surface area contributed by atoms with Crippen LogP contribution in [0.1, 0.15) is 34.1 Å². The fourth-order valence-electron chi connectivity index (χ4n) is 2.10. The highest BCUT2D eigenvalue weighted by molar-refractivity contribution is 7.16. The first-order valence-corrected chi connectivity index (χ1v) is 5.93. The summed E-state index contributed by atoms with van der Waals surface area (Å²) < 4.78 is 4.76. The van der Waals surface area contributed by atoms with E-state index in [1.165, 1.54) is 12.0 Å². The highest BCUT2D eigenvalue weighted by atomic mass is 32.1. The fraction of sp³-hybridized carbons (Fsp3) is 0.545.